The molecule has 184 valence electrons. The number of carbonyl (C=O) groups excluding carboxylic acids is 1. The minimum atomic E-state index is -0.350. The summed E-state index contributed by atoms with van der Waals surface area (Å²) in [4.78, 5) is 31.4. The average Bonchev–Trinajstić information content (AvgIpc) is 3.28. The molecule has 0 atom stereocenters. The van der Waals surface area contributed by atoms with Crippen molar-refractivity contribution in [2.24, 2.45) is 4.99 Å². The second-order valence-corrected chi connectivity index (χ2v) is 10.5. The fraction of sp³-hybridized carbons (Fsp3) is 0.259. The van der Waals surface area contributed by atoms with E-state index in [-0.39, 0.29) is 24.1 Å². The molecule has 0 bridgehead atoms. The first kappa shape index (κ1) is 24.4. The molecule has 9 heteroatoms. The minimum absolute atomic E-state index is 0.203. The third-order valence-corrected chi connectivity index (χ3v) is 7.55. The zero-order valence-electron chi connectivity index (χ0n) is 19.6. The van der Waals surface area contributed by atoms with Crippen molar-refractivity contribution in [2.45, 2.75) is 44.7 Å². The number of rotatable bonds is 6. The van der Waals surface area contributed by atoms with Crippen LogP contribution in [0.15, 0.2) is 86.4 Å². The van der Waals surface area contributed by atoms with Crippen LogP contribution in [0.1, 0.15) is 32.1 Å². The van der Waals surface area contributed by atoms with E-state index in [0.29, 0.717) is 5.69 Å². The van der Waals surface area contributed by atoms with Gasteiger partial charge in [-0.1, -0.05) is 77.7 Å². The minimum Gasteiger partial charge on any atom is -0.271 e. The predicted molar refractivity (Wildman–Crippen MR) is 146 cm³/mol. The lowest BCUT2D eigenvalue weighted by Gasteiger charge is -2.17. The molecular weight excluding hydrogens is 538 g/mol. The topological polar surface area (TPSA) is 81.3 Å². The number of nitrogens with zero attached hydrogens (tertiary/aromatic N) is 4. The van der Waals surface area contributed by atoms with Gasteiger partial charge in [0, 0.05) is 27.0 Å². The first-order valence-electron chi connectivity index (χ1n) is 12.0. The third-order valence-electron chi connectivity index (χ3n) is 6.18. The Hall–Kier alpha value is -3.30. The fourth-order valence-electron chi connectivity index (χ4n) is 4.32. The third kappa shape index (κ3) is 5.74. The van der Waals surface area contributed by atoms with Crippen molar-refractivity contribution in [3.63, 3.8) is 0 Å². The summed E-state index contributed by atoms with van der Waals surface area (Å²) in [5, 5.41) is 6.43. The lowest BCUT2D eigenvalue weighted by Crippen LogP contribution is -2.37. The Balaban J connectivity index is 1.45. The quantitative estimate of drug-likeness (QED) is 0.349. The van der Waals surface area contributed by atoms with Gasteiger partial charge in [-0.15, -0.1) is 11.3 Å². The van der Waals surface area contributed by atoms with Crippen LogP contribution in [0, 0.1) is 0 Å². The highest BCUT2D eigenvalue weighted by Gasteiger charge is 2.16. The van der Waals surface area contributed by atoms with Crippen molar-refractivity contribution in [2.75, 3.05) is 5.43 Å². The van der Waals surface area contributed by atoms with E-state index in [9.17, 15) is 9.59 Å². The molecule has 1 fully saturated rings. The van der Waals surface area contributed by atoms with Crippen LogP contribution in [0.25, 0.3) is 22.5 Å². The van der Waals surface area contributed by atoms with E-state index in [0.717, 1.165) is 38.9 Å². The maximum atomic E-state index is 13.2. The number of nitrogens with one attached hydrogen (secondary N) is 1. The summed E-state index contributed by atoms with van der Waals surface area (Å²) in [5.41, 5.74) is 5.96. The van der Waals surface area contributed by atoms with Crippen LogP contribution in [0.5, 0.6) is 0 Å². The molecule has 1 aliphatic carbocycles. The smallest absolute Gasteiger partial charge is 0.267 e. The molecule has 2 heterocycles. The molecule has 1 saturated carbocycles. The Morgan fingerprint density at radius 2 is 1.75 bits per heavy atom. The maximum absolute atomic E-state index is 13.2. The van der Waals surface area contributed by atoms with E-state index in [4.69, 9.17) is 4.99 Å². The second-order valence-electron chi connectivity index (χ2n) is 8.78. The van der Waals surface area contributed by atoms with Crippen LogP contribution < -0.4 is 15.8 Å². The van der Waals surface area contributed by atoms with Crippen LogP contribution >= 0.6 is 27.3 Å². The molecule has 0 saturated heterocycles. The Labute approximate surface area is 221 Å². The van der Waals surface area contributed by atoms with Gasteiger partial charge in [0.25, 0.3) is 11.5 Å². The summed E-state index contributed by atoms with van der Waals surface area (Å²) in [6.07, 6.45) is 5.73. The molecule has 1 amide bonds. The summed E-state index contributed by atoms with van der Waals surface area (Å²) in [6.45, 7) is -0.203. The van der Waals surface area contributed by atoms with E-state index in [2.05, 4.69) is 26.5 Å². The molecule has 1 N–H and O–H groups in total. The Morgan fingerprint density at radius 3 is 2.50 bits per heavy atom. The van der Waals surface area contributed by atoms with Gasteiger partial charge in [0.05, 0.1) is 17.4 Å². The summed E-state index contributed by atoms with van der Waals surface area (Å²) < 4.78 is 3.92. The van der Waals surface area contributed by atoms with Gasteiger partial charge in [-0.2, -0.15) is 5.10 Å². The molecule has 0 aliphatic heterocycles. The lowest BCUT2D eigenvalue weighted by atomic mass is 9.96. The highest BCUT2D eigenvalue weighted by atomic mass is 79.9. The number of carbonyl (C=O) groups is 1. The SMILES string of the molecule is O=C(Cn1nc(-c2ccccc2)ccc1=O)Nn1c(-c2ccc(Br)cc2)csc1=NC1CCCCC1. The van der Waals surface area contributed by atoms with Crippen molar-refractivity contribution in [3.8, 4) is 22.5 Å². The molecular formula is C27H26BrN5O2S. The molecule has 2 aromatic carbocycles. The Bertz CT molecular complexity index is 1470. The number of halogens is 1. The van der Waals surface area contributed by atoms with Crippen LogP contribution in [0.4, 0.5) is 0 Å². The van der Waals surface area contributed by atoms with Gasteiger partial charge >= 0.3 is 0 Å². The molecule has 2 aromatic heterocycles. The summed E-state index contributed by atoms with van der Waals surface area (Å²) >= 11 is 4.99. The number of benzene rings is 2. The normalized spacial score (nSPS) is 14.6. The molecule has 0 unspecified atom stereocenters. The van der Waals surface area contributed by atoms with E-state index in [1.807, 2.05) is 60.0 Å². The highest BCUT2D eigenvalue weighted by molar-refractivity contribution is 9.10. The number of aromatic nitrogens is 3. The van der Waals surface area contributed by atoms with Crippen LogP contribution in [-0.2, 0) is 11.3 Å². The van der Waals surface area contributed by atoms with Crippen molar-refractivity contribution in [3.05, 3.63) is 91.7 Å². The highest BCUT2D eigenvalue weighted by Crippen LogP contribution is 2.23. The van der Waals surface area contributed by atoms with Gasteiger partial charge < -0.3 is 0 Å². The standard InChI is InChI=1S/C27H26BrN5O2S/c28-21-13-11-20(12-14-21)24-18-36-27(29-22-9-5-2-6-10-22)33(24)31-25(34)17-32-26(35)16-15-23(30-32)19-7-3-1-4-8-19/h1,3-4,7-8,11-16,18,22H,2,5-6,9-10,17H2,(H,31,34). The average molecular weight is 565 g/mol. The molecule has 7 nitrogen and oxygen atoms in total. The van der Waals surface area contributed by atoms with E-state index < -0.39 is 0 Å². The van der Waals surface area contributed by atoms with Gasteiger partial charge in [-0.3, -0.25) is 20.0 Å². The molecule has 4 aromatic rings. The van der Waals surface area contributed by atoms with Gasteiger partial charge in [-0.25, -0.2) is 9.36 Å². The predicted octanol–water partition coefficient (Wildman–Crippen LogP) is 5.21. The first-order valence-corrected chi connectivity index (χ1v) is 13.7. The van der Waals surface area contributed by atoms with Gasteiger partial charge in [0.15, 0.2) is 0 Å². The van der Waals surface area contributed by atoms with E-state index in [1.54, 1.807) is 10.7 Å². The second kappa shape index (κ2) is 11.2. The van der Waals surface area contributed by atoms with E-state index in [1.165, 1.54) is 41.3 Å². The monoisotopic (exact) mass is 563 g/mol. The van der Waals surface area contributed by atoms with Crippen molar-refractivity contribution >= 4 is 33.2 Å². The largest absolute Gasteiger partial charge is 0.271 e. The molecule has 36 heavy (non-hydrogen) atoms. The number of amides is 1. The number of thiazole rings is 1. The molecule has 5 rings (SSSR count). The van der Waals surface area contributed by atoms with Crippen molar-refractivity contribution < 1.29 is 4.79 Å². The molecule has 0 radical (unpaired) electrons. The van der Waals surface area contributed by atoms with Crippen LogP contribution in [0.3, 0.4) is 0 Å². The van der Waals surface area contributed by atoms with Gasteiger partial charge in [-0.05, 0) is 31.0 Å². The zero-order chi connectivity index (χ0) is 24.9. The summed E-state index contributed by atoms with van der Waals surface area (Å²) in [7, 11) is 0. The number of hydrogen-bond acceptors (Lipinski definition) is 5. The van der Waals surface area contributed by atoms with Gasteiger partial charge in [0.2, 0.25) is 4.80 Å². The molecule has 0 spiro atoms. The molecule has 1 aliphatic rings. The Morgan fingerprint density at radius 1 is 1.00 bits per heavy atom. The fourth-order valence-corrected chi connectivity index (χ4v) is 5.50. The Kier molecular flexibility index (Phi) is 7.58. The zero-order valence-corrected chi connectivity index (χ0v) is 22.0. The summed E-state index contributed by atoms with van der Waals surface area (Å²) in [5.74, 6) is -0.350. The first-order chi connectivity index (χ1) is 17.6. The lowest BCUT2D eigenvalue weighted by molar-refractivity contribution is -0.117. The summed E-state index contributed by atoms with van der Waals surface area (Å²) in [6, 6.07) is 20.9. The van der Waals surface area contributed by atoms with Crippen molar-refractivity contribution in [1.29, 1.82) is 0 Å². The number of hydrogen-bond donors (Lipinski definition) is 1. The van der Waals surface area contributed by atoms with Crippen LogP contribution in [0.2, 0.25) is 0 Å². The van der Waals surface area contributed by atoms with Gasteiger partial charge in [0.1, 0.15) is 6.54 Å². The van der Waals surface area contributed by atoms with Crippen molar-refractivity contribution in [1.82, 2.24) is 14.5 Å². The maximum Gasteiger partial charge on any atom is 0.267 e. The van der Waals surface area contributed by atoms with Crippen LogP contribution in [-0.4, -0.2) is 26.4 Å². The van der Waals surface area contributed by atoms with E-state index >= 15 is 0 Å².